The van der Waals surface area contributed by atoms with Crippen molar-refractivity contribution in [1.82, 2.24) is 0 Å². The van der Waals surface area contributed by atoms with Crippen molar-refractivity contribution < 1.29 is 14.2 Å². The fourth-order valence-electron chi connectivity index (χ4n) is 2.31. The van der Waals surface area contributed by atoms with E-state index in [-0.39, 0.29) is 0 Å². The summed E-state index contributed by atoms with van der Waals surface area (Å²) in [6.45, 7) is 5.06. The quantitative estimate of drug-likeness (QED) is 0.631. The van der Waals surface area contributed by atoms with Gasteiger partial charge in [-0.25, -0.2) is 0 Å². The van der Waals surface area contributed by atoms with Gasteiger partial charge in [-0.15, -0.1) is 0 Å². The molecule has 0 N–H and O–H groups in total. The molecule has 0 aliphatic rings. The van der Waals surface area contributed by atoms with Crippen molar-refractivity contribution in [2.75, 3.05) is 20.3 Å². The van der Waals surface area contributed by atoms with E-state index >= 15 is 0 Å². The van der Waals surface area contributed by atoms with Gasteiger partial charge >= 0.3 is 0 Å². The molecule has 2 aromatic rings. The molecule has 0 atom stereocenters. The molecule has 0 saturated carbocycles. The van der Waals surface area contributed by atoms with Gasteiger partial charge in [0, 0.05) is 6.07 Å². The lowest BCUT2D eigenvalue weighted by atomic mass is 10.0. The predicted octanol–water partition coefficient (Wildman–Crippen LogP) is 4.91. The largest absolute Gasteiger partial charge is 0.493 e. The Bertz CT molecular complexity index is 738. The highest BCUT2D eigenvalue weighted by molar-refractivity contribution is 9.10. The van der Waals surface area contributed by atoms with Gasteiger partial charge in [-0.05, 0) is 39.5 Å². The van der Waals surface area contributed by atoms with Crippen molar-refractivity contribution in [2.45, 2.75) is 19.8 Å². The molecule has 2 rings (SSSR count). The summed E-state index contributed by atoms with van der Waals surface area (Å²) < 4.78 is 17.6. The average molecular weight is 390 g/mol. The maximum absolute atomic E-state index is 9.00. The zero-order valence-electron chi connectivity index (χ0n) is 14.0. The van der Waals surface area contributed by atoms with Gasteiger partial charge in [-0.2, -0.15) is 5.26 Å². The van der Waals surface area contributed by atoms with Crippen molar-refractivity contribution >= 4 is 15.9 Å². The monoisotopic (exact) mass is 389 g/mol. The van der Waals surface area contributed by atoms with Crippen LogP contribution in [0, 0.1) is 11.3 Å². The molecule has 24 heavy (non-hydrogen) atoms. The summed E-state index contributed by atoms with van der Waals surface area (Å²) in [4.78, 5) is 0. The van der Waals surface area contributed by atoms with Gasteiger partial charge in [0.1, 0.15) is 19.0 Å². The molecule has 0 bridgehead atoms. The summed E-state index contributed by atoms with van der Waals surface area (Å²) in [7, 11) is 1.55. The van der Waals surface area contributed by atoms with E-state index in [4.69, 9.17) is 19.5 Å². The minimum absolute atomic E-state index is 0.368. The number of ether oxygens (including phenoxy) is 3. The predicted molar refractivity (Wildman–Crippen MR) is 96.9 cm³/mol. The van der Waals surface area contributed by atoms with Gasteiger partial charge in [0.2, 0.25) is 0 Å². The lowest BCUT2D eigenvalue weighted by Gasteiger charge is -2.15. The zero-order chi connectivity index (χ0) is 17.5. The van der Waals surface area contributed by atoms with Crippen LogP contribution in [0.3, 0.4) is 0 Å². The Hall–Kier alpha value is -2.19. The van der Waals surface area contributed by atoms with Gasteiger partial charge in [0.25, 0.3) is 0 Å². The van der Waals surface area contributed by atoms with Crippen LogP contribution in [0.25, 0.3) is 0 Å². The van der Waals surface area contributed by atoms with Crippen molar-refractivity contribution in [1.29, 1.82) is 5.26 Å². The van der Waals surface area contributed by atoms with Crippen LogP contribution in [-0.4, -0.2) is 20.3 Å². The number of rotatable bonds is 7. The first-order valence-corrected chi connectivity index (χ1v) is 8.48. The molecule has 0 amide bonds. The minimum Gasteiger partial charge on any atom is -0.493 e. The van der Waals surface area contributed by atoms with Gasteiger partial charge in [-0.3, -0.25) is 0 Å². The maximum Gasteiger partial charge on any atom is 0.175 e. The molecule has 0 spiro atoms. The zero-order valence-corrected chi connectivity index (χ0v) is 15.6. The molecule has 0 aliphatic carbocycles. The van der Waals surface area contributed by atoms with Crippen LogP contribution >= 0.6 is 15.9 Å². The van der Waals surface area contributed by atoms with Gasteiger partial charge in [0.15, 0.2) is 11.5 Å². The molecule has 126 valence electrons. The molecular formula is C19H20BrNO3. The van der Waals surface area contributed by atoms with Crippen LogP contribution in [0.5, 0.6) is 17.2 Å². The Morgan fingerprint density at radius 2 is 1.79 bits per heavy atom. The summed E-state index contributed by atoms with van der Waals surface area (Å²) >= 11 is 3.41. The molecule has 0 radical (unpaired) electrons. The number of benzene rings is 2. The third-order valence-corrected chi connectivity index (χ3v) is 4.08. The summed E-state index contributed by atoms with van der Waals surface area (Å²) in [6, 6.07) is 13.4. The van der Waals surface area contributed by atoms with Gasteiger partial charge < -0.3 is 14.2 Å². The van der Waals surface area contributed by atoms with Crippen LogP contribution in [0.1, 0.15) is 30.9 Å². The number of nitriles is 1. The summed E-state index contributed by atoms with van der Waals surface area (Å²) in [5.41, 5.74) is 1.68. The minimum atomic E-state index is 0.368. The Morgan fingerprint density at radius 3 is 2.46 bits per heavy atom. The Balaban J connectivity index is 2.00. The standard InChI is InChI=1S/C19H20BrNO3/c1-13(2)15-6-4-5-7-17(15)23-8-9-24-19-16(20)10-14(12-21)11-18(19)22-3/h4-7,10-11,13H,8-9H2,1-3H3. The van der Waals surface area contributed by atoms with Crippen LogP contribution in [0.4, 0.5) is 0 Å². The van der Waals surface area contributed by atoms with E-state index in [2.05, 4.69) is 41.9 Å². The second-order valence-electron chi connectivity index (χ2n) is 5.49. The lowest BCUT2D eigenvalue weighted by molar-refractivity contribution is 0.209. The van der Waals surface area contributed by atoms with Crippen molar-refractivity contribution in [3.63, 3.8) is 0 Å². The number of hydrogen-bond acceptors (Lipinski definition) is 4. The molecule has 0 aromatic heterocycles. The second kappa shape index (κ2) is 8.60. The molecule has 4 nitrogen and oxygen atoms in total. The van der Waals surface area contributed by atoms with E-state index in [1.165, 1.54) is 5.56 Å². The first-order chi connectivity index (χ1) is 11.6. The first-order valence-electron chi connectivity index (χ1n) is 7.69. The third-order valence-electron chi connectivity index (χ3n) is 3.49. The Morgan fingerprint density at radius 1 is 1.08 bits per heavy atom. The van der Waals surface area contributed by atoms with E-state index in [1.807, 2.05) is 18.2 Å². The summed E-state index contributed by atoms with van der Waals surface area (Å²) in [6.07, 6.45) is 0. The van der Waals surface area contributed by atoms with Crippen LogP contribution in [-0.2, 0) is 0 Å². The highest BCUT2D eigenvalue weighted by Crippen LogP contribution is 2.36. The number of methoxy groups -OCH3 is 1. The highest BCUT2D eigenvalue weighted by Gasteiger charge is 2.12. The molecule has 0 heterocycles. The van der Waals surface area contributed by atoms with Crippen LogP contribution in [0.15, 0.2) is 40.9 Å². The SMILES string of the molecule is COc1cc(C#N)cc(Br)c1OCCOc1ccccc1C(C)C. The third kappa shape index (κ3) is 4.42. The number of nitrogens with zero attached hydrogens (tertiary/aromatic N) is 1. The highest BCUT2D eigenvalue weighted by atomic mass is 79.9. The van der Waals surface area contributed by atoms with E-state index in [1.54, 1.807) is 19.2 Å². The van der Waals surface area contributed by atoms with Gasteiger partial charge in [-0.1, -0.05) is 32.0 Å². The molecule has 0 aliphatic heterocycles. The normalized spacial score (nSPS) is 10.3. The molecule has 0 unspecified atom stereocenters. The van der Waals surface area contributed by atoms with E-state index in [0.29, 0.717) is 40.7 Å². The topological polar surface area (TPSA) is 51.5 Å². The van der Waals surface area contributed by atoms with E-state index in [0.717, 1.165) is 5.75 Å². The fourth-order valence-corrected chi connectivity index (χ4v) is 2.87. The average Bonchev–Trinajstić information content (AvgIpc) is 2.59. The van der Waals surface area contributed by atoms with E-state index < -0.39 is 0 Å². The Labute approximate surface area is 151 Å². The molecular weight excluding hydrogens is 370 g/mol. The smallest absolute Gasteiger partial charge is 0.175 e. The first kappa shape index (κ1) is 18.2. The van der Waals surface area contributed by atoms with Crippen molar-refractivity contribution in [3.05, 3.63) is 52.0 Å². The molecule has 0 fully saturated rings. The number of halogens is 1. The number of hydrogen-bond donors (Lipinski definition) is 0. The Kier molecular flexibility index (Phi) is 6.51. The van der Waals surface area contributed by atoms with Crippen LogP contribution in [0.2, 0.25) is 0 Å². The second-order valence-corrected chi connectivity index (χ2v) is 6.35. The lowest BCUT2D eigenvalue weighted by Crippen LogP contribution is -2.11. The summed E-state index contributed by atoms with van der Waals surface area (Å²) in [5.74, 6) is 2.36. The van der Waals surface area contributed by atoms with Gasteiger partial charge in [0.05, 0.1) is 23.2 Å². The number of para-hydroxylation sites is 1. The van der Waals surface area contributed by atoms with Crippen molar-refractivity contribution in [2.24, 2.45) is 0 Å². The molecule has 2 aromatic carbocycles. The van der Waals surface area contributed by atoms with Crippen LogP contribution < -0.4 is 14.2 Å². The molecule has 0 saturated heterocycles. The maximum atomic E-state index is 9.00. The van der Waals surface area contributed by atoms with Crippen molar-refractivity contribution in [3.8, 4) is 23.3 Å². The molecule has 5 heteroatoms. The van der Waals surface area contributed by atoms with E-state index in [9.17, 15) is 0 Å². The fraction of sp³-hybridized carbons (Fsp3) is 0.316. The summed E-state index contributed by atoms with van der Waals surface area (Å²) in [5, 5.41) is 9.00.